The lowest BCUT2D eigenvalue weighted by Crippen LogP contribution is -2.16. The highest BCUT2D eigenvalue weighted by Gasteiger charge is 2.19. The van der Waals surface area contributed by atoms with Gasteiger partial charge in [-0.25, -0.2) is 18.4 Å². The molecule has 0 unspecified atom stereocenters. The average molecular weight is 461 g/mol. The van der Waals surface area contributed by atoms with Crippen molar-refractivity contribution in [2.75, 3.05) is 10.0 Å². The Labute approximate surface area is 190 Å². The number of hydrogen-bond acceptors (Lipinski definition) is 5. The molecule has 0 bridgehead atoms. The molecule has 0 aliphatic rings. The van der Waals surface area contributed by atoms with E-state index in [1.807, 2.05) is 60.7 Å². The topological polar surface area (TPSA) is 84.0 Å². The summed E-state index contributed by atoms with van der Waals surface area (Å²) in [5.74, 6) is 0.407. The molecule has 6 nitrogen and oxygen atoms in total. The molecule has 158 valence electrons. The van der Waals surface area contributed by atoms with Crippen LogP contribution in [-0.2, 0) is 10.0 Å². The number of hydrogen-bond donors (Lipinski definition) is 2. The molecule has 1 heterocycles. The van der Waals surface area contributed by atoms with Crippen LogP contribution in [0.1, 0.15) is 0 Å². The van der Waals surface area contributed by atoms with Crippen molar-refractivity contribution in [3.05, 3.63) is 96.0 Å². The number of fused-ring (bicyclic) bond motifs is 2. The number of nitrogens with one attached hydrogen (secondary N) is 2. The minimum Gasteiger partial charge on any atom is -0.337 e. The number of halogens is 1. The summed E-state index contributed by atoms with van der Waals surface area (Å²) in [6, 6.07) is 27.0. The summed E-state index contributed by atoms with van der Waals surface area (Å²) in [4.78, 5) is 9.26. The summed E-state index contributed by atoms with van der Waals surface area (Å²) in [6.07, 6.45) is 0. The molecule has 5 aromatic rings. The Hall–Kier alpha value is -3.68. The van der Waals surface area contributed by atoms with E-state index in [0.29, 0.717) is 21.9 Å². The van der Waals surface area contributed by atoms with E-state index in [1.165, 1.54) is 24.3 Å². The molecule has 8 heteroatoms. The fourth-order valence-corrected chi connectivity index (χ4v) is 4.56. The number of rotatable bonds is 5. The quantitative estimate of drug-likeness (QED) is 0.337. The van der Waals surface area contributed by atoms with Crippen molar-refractivity contribution in [1.29, 1.82) is 0 Å². The summed E-state index contributed by atoms with van der Waals surface area (Å²) in [5.41, 5.74) is 2.01. The maximum Gasteiger partial charge on any atom is 0.263 e. The van der Waals surface area contributed by atoms with E-state index in [-0.39, 0.29) is 10.7 Å². The fraction of sp³-hybridized carbons (Fsp3) is 0. The molecule has 0 saturated heterocycles. The third-order valence-corrected chi connectivity index (χ3v) is 6.58. The Kier molecular flexibility index (Phi) is 5.13. The van der Waals surface area contributed by atoms with Crippen LogP contribution in [0.3, 0.4) is 0 Å². The molecule has 0 spiro atoms. The molecule has 0 aliphatic heterocycles. The maximum absolute atomic E-state index is 13.0. The molecular weight excluding hydrogens is 444 g/mol. The van der Waals surface area contributed by atoms with Gasteiger partial charge in [-0.05, 0) is 47.9 Å². The van der Waals surface area contributed by atoms with Crippen LogP contribution in [0.2, 0.25) is 5.02 Å². The lowest BCUT2D eigenvalue weighted by atomic mass is 10.1. The second-order valence-electron chi connectivity index (χ2n) is 7.12. The van der Waals surface area contributed by atoms with Gasteiger partial charge in [-0.2, -0.15) is 0 Å². The summed E-state index contributed by atoms with van der Waals surface area (Å²) >= 11 is 5.90. The highest BCUT2D eigenvalue weighted by molar-refractivity contribution is 7.92. The van der Waals surface area contributed by atoms with Crippen LogP contribution in [0.4, 0.5) is 17.3 Å². The van der Waals surface area contributed by atoms with E-state index in [0.717, 1.165) is 16.5 Å². The van der Waals surface area contributed by atoms with Crippen LogP contribution in [-0.4, -0.2) is 18.4 Å². The number of anilines is 3. The largest absolute Gasteiger partial charge is 0.337 e. The molecule has 0 amide bonds. The van der Waals surface area contributed by atoms with Crippen LogP contribution >= 0.6 is 11.6 Å². The Morgan fingerprint density at radius 3 is 2.06 bits per heavy atom. The molecule has 1 aromatic heterocycles. The lowest BCUT2D eigenvalue weighted by molar-refractivity contribution is 0.601. The van der Waals surface area contributed by atoms with E-state index in [1.54, 1.807) is 6.07 Å². The Balaban J connectivity index is 1.61. The Morgan fingerprint density at radius 1 is 0.688 bits per heavy atom. The molecule has 0 atom stereocenters. The van der Waals surface area contributed by atoms with Gasteiger partial charge in [0.05, 0.1) is 15.9 Å². The molecule has 32 heavy (non-hydrogen) atoms. The second kappa shape index (κ2) is 8.11. The first-order valence-electron chi connectivity index (χ1n) is 9.80. The van der Waals surface area contributed by atoms with Gasteiger partial charge in [0.2, 0.25) is 0 Å². The normalized spacial score (nSPS) is 11.5. The summed E-state index contributed by atoms with van der Waals surface area (Å²) in [7, 11) is -3.91. The zero-order valence-electron chi connectivity index (χ0n) is 16.7. The van der Waals surface area contributed by atoms with Crippen molar-refractivity contribution < 1.29 is 8.42 Å². The fourth-order valence-electron chi connectivity index (χ4n) is 3.42. The van der Waals surface area contributed by atoms with Crippen molar-refractivity contribution in [1.82, 2.24) is 9.97 Å². The standard InChI is InChI=1S/C24H17ClN4O2S/c25-17-12-14-18(15-13-17)32(30,31)29-24-23(27-21-9-3-4-10-22(21)28-24)26-20-11-5-7-16-6-1-2-8-19(16)20/h1-15H,(H,26,27)(H,28,29). The van der Waals surface area contributed by atoms with E-state index in [4.69, 9.17) is 11.6 Å². The highest BCUT2D eigenvalue weighted by Crippen LogP contribution is 2.30. The first-order chi connectivity index (χ1) is 15.5. The SMILES string of the molecule is O=S(=O)(Nc1nc2ccccc2nc1Nc1cccc2ccccc12)c1ccc(Cl)cc1. The molecule has 0 aliphatic carbocycles. The lowest BCUT2D eigenvalue weighted by Gasteiger charge is -2.15. The van der Waals surface area contributed by atoms with Gasteiger partial charge in [0.15, 0.2) is 11.6 Å². The van der Waals surface area contributed by atoms with E-state index in [9.17, 15) is 8.42 Å². The van der Waals surface area contributed by atoms with Gasteiger partial charge in [-0.1, -0.05) is 60.1 Å². The maximum atomic E-state index is 13.0. The van der Waals surface area contributed by atoms with Gasteiger partial charge >= 0.3 is 0 Å². The second-order valence-corrected chi connectivity index (χ2v) is 9.24. The monoisotopic (exact) mass is 460 g/mol. The van der Waals surface area contributed by atoms with E-state index in [2.05, 4.69) is 20.0 Å². The van der Waals surface area contributed by atoms with Gasteiger partial charge in [-0.15, -0.1) is 0 Å². The van der Waals surface area contributed by atoms with Gasteiger partial charge in [0, 0.05) is 16.1 Å². The predicted molar refractivity (Wildman–Crippen MR) is 129 cm³/mol. The van der Waals surface area contributed by atoms with E-state index < -0.39 is 10.0 Å². The molecule has 0 saturated carbocycles. The summed E-state index contributed by atoms with van der Waals surface area (Å²) in [6.45, 7) is 0. The van der Waals surface area contributed by atoms with Crippen LogP contribution in [0.5, 0.6) is 0 Å². The number of para-hydroxylation sites is 2. The first-order valence-corrected chi connectivity index (χ1v) is 11.7. The number of nitrogens with zero attached hydrogens (tertiary/aromatic N) is 2. The van der Waals surface area contributed by atoms with Crippen molar-refractivity contribution in [3.8, 4) is 0 Å². The zero-order valence-corrected chi connectivity index (χ0v) is 18.2. The number of benzene rings is 4. The molecule has 0 fully saturated rings. The third kappa shape index (κ3) is 3.95. The Bertz CT molecular complexity index is 1550. The third-order valence-electron chi connectivity index (χ3n) is 4.97. The molecular formula is C24H17ClN4O2S. The average Bonchev–Trinajstić information content (AvgIpc) is 2.80. The van der Waals surface area contributed by atoms with Crippen LogP contribution in [0.25, 0.3) is 21.8 Å². The summed E-state index contributed by atoms with van der Waals surface area (Å²) < 4.78 is 28.6. The number of sulfonamides is 1. The molecule has 0 radical (unpaired) electrons. The smallest absolute Gasteiger partial charge is 0.263 e. The van der Waals surface area contributed by atoms with Gasteiger partial charge < -0.3 is 5.32 Å². The zero-order chi connectivity index (χ0) is 22.1. The highest BCUT2D eigenvalue weighted by atomic mass is 35.5. The summed E-state index contributed by atoms with van der Waals surface area (Å²) in [5, 5.41) is 5.75. The minimum atomic E-state index is -3.91. The molecule has 4 aromatic carbocycles. The van der Waals surface area contributed by atoms with E-state index >= 15 is 0 Å². The Morgan fingerprint density at radius 2 is 1.31 bits per heavy atom. The van der Waals surface area contributed by atoms with Gasteiger partial charge in [0.25, 0.3) is 10.0 Å². The number of aromatic nitrogens is 2. The minimum absolute atomic E-state index is 0.0768. The van der Waals surface area contributed by atoms with Crippen LogP contribution < -0.4 is 10.0 Å². The van der Waals surface area contributed by atoms with Crippen molar-refractivity contribution >= 4 is 60.8 Å². The first kappa shape index (κ1) is 20.2. The van der Waals surface area contributed by atoms with Gasteiger partial charge in [-0.3, -0.25) is 4.72 Å². The molecule has 5 rings (SSSR count). The molecule has 2 N–H and O–H groups in total. The van der Waals surface area contributed by atoms with Crippen LogP contribution in [0, 0.1) is 0 Å². The van der Waals surface area contributed by atoms with Gasteiger partial charge in [0.1, 0.15) is 0 Å². The van der Waals surface area contributed by atoms with Crippen molar-refractivity contribution in [2.24, 2.45) is 0 Å². The van der Waals surface area contributed by atoms with Crippen LogP contribution in [0.15, 0.2) is 95.9 Å². The predicted octanol–water partition coefficient (Wildman–Crippen LogP) is 5.98. The van der Waals surface area contributed by atoms with Crippen molar-refractivity contribution in [3.63, 3.8) is 0 Å². The van der Waals surface area contributed by atoms with Crippen molar-refractivity contribution in [2.45, 2.75) is 4.90 Å².